The Morgan fingerprint density at radius 1 is 1.10 bits per heavy atom. The van der Waals surface area contributed by atoms with E-state index in [0.717, 1.165) is 33.3 Å². The molecular formula is C23H25N5OS2. The summed E-state index contributed by atoms with van der Waals surface area (Å²) in [5.41, 5.74) is 12.0. The smallest absolute Gasteiger partial charge is 0.189 e. The summed E-state index contributed by atoms with van der Waals surface area (Å²) in [6.45, 7) is 8.22. The van der Waals surface area contributed by atoms with Gasteiger partial charge in [0.05, 0.1) is 12.8 Å². The molecule has 1 heterocycles. The van der Waals surface area contributed by atoms with Gasteiger partial charge in [-0.1, -0.05) is 36.0 Å². The van der Waals surface area contributed by atoms with Gasteiger partial charge in [-0.3, -0.25) is 10.9 Å². The molecule has 0 spiro atoms. The van der Waals surface area contributed by atoms with Crippen molar-refractivity contribution in [2.24, 2.45) is 0 Å². The molecular weight excluding hydrogens is 426 g/mol. The second kappa shape index (κ2) is 10.8. The van der Waals surface area contributed by atoms with Gasteiger partial charge in [0.15, 0.2) is 10.3 Å². The maximum absolute atomic E-state index is 5.50. The molecule has 8 heteroatoms. The van der Waals surface area contributed by atoms with E-state index in [4.69, 9.17) is 17.0 Å². The maximum Gasteiger partial charge on any atom is 0.189 e. The van der Waals surface area contributed by atoms with E-state index in [9.17, 15) is 0 Å². The Labute approximate surface area is 192 Å². The van der Waals surface area contributed by atoms with Crippen LogP contribution in [0.1, 0.15) is 22.3 Å². The van der Waals surface area contributed by atoms with Crippen LogP contribution in [0.15, 0.2) is 66.6 Å². The van der Waals surface area contributed by atoms with Crippen molar-refractivity contribution in [3.63, 3.8) is 0 Å². The van der Waals surface area contributed by atoms with Gasteiger partial charge < -0.3 is 10.1 Å². The number of anilines is 1. The zero-order chi connectivity index (χ0) is 22.2. The number of hydrogen-bond donors (Lipinski definition) is 3. The van der Waals surface area contributed by atoms with Crippen molar-refractivity contribution >= 4 is 40.5 Å². The van der Waals surface area contributed by atoms with Crippen molar-refractivity contribution < 1.29 is 4.74 Å². The van der Waals surface area contributed by atoms with E-state index >= 15 is 0 Å². The van der Waals surface area contributed by atoms with E-state index in [1.54, 1.807) is 37.3 Å². The third-order valence-electron chi connectivity index (χ3n) is 4.48. The summed E-state index contributed by atoms with van der Waals surface area (Å²) in [6.07, 6.45) is 3.46. The van der Waals surface area contributed by atoms with E-state index < -0.39 is 0 Å². The number of thioether (sulfide) groups is 1. The molecule has 160 valence electrons. The largest absolute Gasteiger partial charge is 0.496 e. The molecule has 0 aliphatic rings. The van der Waals surface area contributed by atoms with Crippen molar-refractivity contribution in [3.8, 4) is 5.75 Å². The van der Waals surface area contributed by atoms with Crippen molar-refractivity contribution in [1.29, 1.82) is 0 Å². The molecule has 3 rings (SSSR count). The molecule has 0 aliphatic heterocycles. The number of nitrogens with one attached hydrogen (secondary N) is 3. The fraction of sp³-hybridized carbons (Fsp3) is 0.174. The molecule has 0 radical (unpaired) electrons. The number of aryl methyl sites for hydroxylation is 2. The van der Waals surface area contributed by atoms with Gasteiger partial charge in [-0.25, -0.2) is 9.97 Å². The predicted octanol–water partition coefficient (Wildman–Crippen LogP) is 4.86. The highest BCUT2D eigenvalue weighted by atomic mass is 32.2. The average Bonchev–Trinajstić information content (AvgIpc) is 2.78. The van der Waals surface area contributed by atoms with Gasteiger partial charge in [-0.05, 0) is 67.5 Å². The van der Waals surface area contributed by atoms with E-state index in [0.29, 0.717) is 16.6 Å². The minimum Gasteiger partial charge on any atom is -0.496 e. The van der Waals surface area contributed by atoms with Gasteiger partial charge in [-0.2, -0.15) is 0 Å². The standard InChI is InChI=1S/C23H25N5OS2/c1-15-6-8-20(16(2)12-15)26-22(30)28-27-17(3)18-7-9-21(29-4)19(13-18)14-31-23-24-10-5-11-25-23/h5-13,27H,3,14H2,1-2,4H3,(H2,26,28,30). The summed E-state index contributed by atoms with van der Waals surface area (Å²) in [5.74, 6) is 1.48. The number of benzene rings is 2. The van der Waals surface area contributed by atoms with Crippen LogP contribution in [0.25, 0.3) is 5.70 Å². The number of nitrogens with zero attached hydrogens (tertiary/aromatic N) is 2. The lowest BCUT2D eigenvalue weighted by atomic mass is 10.1. The lowest BCUT2D eigenvalue weighted by Crippen LogP contribution is -2.38. The van der Waals surface area contributed by atoms with Gasteiger partial charge in [0.1, 0.15) is 5.75 Å². The summed E-state index contributed by atoms with van der Waals surface area (Å²) >= 11 is 6.94. The number of ether oxygens (including phenoxy) is 1. The van der Waals surface area contributed by atoms with E-state index in [1.807, 2.05) is 37.3 Å². The monoisotopic (exact) mass is 451 g/mol. The molecule has 0 bridgehead atoms. The third kappa shape index (κ3) is 6.44. The number of rotatable bonds is 8. The van der Waals surface area contributed by atoms with Gasteiger partial charge in [0.25, 0.3) is 0 Å². The molecule has 2 aromatic carbocycles. The Morgan fingerprint density at radius 2 is 1.87 bits per heavy atom. The molecule has 0 unspecified atom stereocenters. The molecule has 1 aromatic heterocycles. The lowest BCUT2D eigenvalue weighted by molar-refractivity contribution is 0.411. The Bertz CT molecular complexity index is 1070. The molecule has 0 aliphatic carbocycles. The molecule has 0 atom stereocenters. The molecule has 0 amide bonds. The van der Waals surface area contributed by atoms with E-state index in [-0.39, 0.29) is 0 Å². The Kier molecular flexibility index (Phi) is 7.86. The van der Waals surface area contributed by atoms with Gasteiger partial charge >= 0.3 is 0 Å². The Balaban J connectivity index is 1.60. The van der Waals surface area contributed by atoms with Crippen LogP contribution in [0.2, 0.25) is 0 Å². The highest BCUT2D eigenvalue weighted by Crippen LogP contribution is 2.28. The minimum absolute atomic E-state index is 0.457. The molecule has 31 heavy (non-hydrogen) atoms. The van der Waals surface area contributed by atoms with Crippen LogP contribution in [-0.2, 0) is 5.75 Å². The van der Waals surface area contributed by atoms with E-state index in [1.165, 1.54) is 5.56 Å². The minimum atomic E-state index is 0.457. The fourth-order valence-electron chi connectivity index (χ4n) is 2.89. The van der Waals surface area contributed by atoms with Crippen LogP contribution < -0.4 is 20.9 Å². The van der Waals surface area contributed by atoms with Gasteiger partial charge in [-0.15, -0.1) is 0 Å². The van der Waals surface area contributed by atoms with Crippen molar-refractivity contribution in [2.75, 3.05) is 12.4 Å². The Morgan fingerprint density at radius 3 is 2.58 bits per heavy atom. The van der Waals surface area contributed by atoms with Gasteiger partial charge in [0.2, 0.25) is 0 Å². The molecule has 3 N–H and O–H groups in total. The third-order valence-corrected chi connectivity index (χ3v) is 5.61. The fourth-order valence-corrected chi connectivity index (χ4v) is 3.84. The van der Waals surface area contributed by atoms with Crippen LogP contribution in [0.3, 0.4) is 0 Å². The average molecular weight is 452 g/mol. The number of hydrazine groups is 1. The van der Waals surface area contributed by atoms with Crippen LogP contribution >= 0.6 is 24.0 Å². The molecule has 0 saturated heterocycles. The summed E-state index contributed by atoms with van der Waals surface area (Å²) in [6, 6.07) is 13.9. The Hall–Kier alpha value is -3.10. The SMILES string of the molecule is C=C(NNC(=S)Nc1ccc(C)cc1C)c1ccc(OC)c(CSc2ncccn2)c1. The van der Waals surface area contributed by atoms with Crippen LogP contribution in [0.5, 0.6) is 5.75 Å². The first kappa shape index (κ1) is 22.6. The van der Waals surface area contributed by atoms with E-state index in [2.05, 4.69) is 45.7 Å². The molecule has 6 nitrogen and oxygen atoms in total. The predicted molar refractivity (Wildman–Crippen MR) is 132 cm³/mol. The second-order valence-electron chi connectivity index (χ2n) is 6.85. The van der Waals surface area contributed by atoms with Crippen LogP contribution in [0, 0.1) is 13.8 Å². The zero-order valence-corrected chi connectivity index (χ0v) is 19.4. The summed E-state index contributed by atoms with van der Waals surface area (Å²) < 4.78 is 5.50. The summed E-state index contributed by atoms with van der Waals surface area (Å²) in [4.78, 5) is 8.50. The summed E-state index contributed by atoms with van der Waals surface area (Å²) in [7, 11) is 1.66. The topological polar surface area (TPSA) is 71.1 Å². The van der Waals surface area contributed by atoms with Crippen molar-refractivity contribution in [3.05, 3.63) is 83.7 Å². The normalized spacial score (nSPS) is 10.3. The first-order chi connectivity index (χ1) is 15.0. The number of thiocarbonyl (C=S) groups is 1. The number of methoxy groups -OCH3 is 1. The zero-order valence-electron chi connectivity index (χ0n) is 17.7. The van der Waals surface area contributed by atoms with Crippen molar-refractivity contribution in [2.45, 2.75) is 24.8 Å². The molecule has 0 saturated carbocycles. The lowest BCUT2D eigenvalue weighted by Gasteiger charge is -2.17. The maximum atomic E-state index is 5.50. The molecule has 0 fully saturated rings. The first-order valence-electron chi connectivity index (χ1n) is 9.62. The van der Waals surface area contributed by atoms with Gasteiger partial charge in [0, 0.05) is 29.4 Å². The quantitative estimate of drug-likeness (QED) is 0.194. The van der Waals surface area contributed by atoms with Crippen LogP contribution in [0.4, 0.5) is 5.69 Å². The number of hydrogen-bond acceptors (Lipinski definition) is 6. The number of aromatic nitrogens is 2. The highest BCUT2D eigenvalue weighted by molar-refractivity contribution is 7.98. The second-order valence-corrected chi connectivity index (χ2v) is 8.20. The molecule has 3 aromatic rings. The summed E-state index contributed by atoms with van der Waals surface area (Å²) in [5, 5.41) is 4.37. The highest BCUT2D eigenvalue weighted by Gasteiger charge is 2.09. The van der Waals surface area contributed by atoms with Crippen molar-refractivity contribution in [1.82, 2.24) is 20.8 Å². The first-order valence-corrected chi connectivity index (χ1v) is 11.0. The van der Waals surface area contributed by atoms with Crippen LogP contribution in [-0.4, -0.2) is 22.2 Å².